The Balaban J connectivity index is 2.55. The molecule has 122 valence electrons. The van der Waals surface area contributed by atoms with Gasteiger partial charge in [-0.2, -0.15) is 0 Å². The van der Waals surface area contributed by atoms with E-state index in [2.05, 4.69) is 5.32 Å². The standard InChI is InChI=1S/C17H26N2O3/c1-12(2)17(22)19(4)11-14-5-7-15(8-6-14)16(21)18-10-9-13(3)20/h5-8,12-13,20H,9-11H2,1-4H3,(H,18,21). The maximum atomic E-state index is 11.9. The van der Waals surface area contributed by atoms with Gasteiger partial charge in [0, 0.05) is 31.6 Å². The molecule has 0 radical (unpaired) electrons. The van der Waals surface area contributed by atoms with Crippen molar-refractivity contribution in [1.82, 2.24) is 10.2 Å². The van der Waals surface area contributed by atoms with Crippen LogP contribution < -0.4 is 5.32 Å². The summed E-state index contributed by atoms with van der Waals surface area (Å²) >= 11 is 0. The van der Waals surface area contributed by atoms with Crippen molar-refractivity contribution in [2.75, 3.05) is 13.6 Å². The number of hydrogen-bond donors (Lipinski definition) is 2. The lowest BCUT2D eigenvalue weighted by Crippen LogP contribution is -2.30. The summed E-state index contributed by atoms with van der Waals surface area (Å²) in [6, 6.07) is 7.21. The molecule has 22 heavy (non-hydrogen) atoms. The fourth-order valence-electron chi connectivity index (χ4n) is 2.05. The number of amides is 2. The van der Waals surface area contributed by atoms with E-state index >= 15 is 0 Å². The highest BCUT2D eigenvalue weighted by molar-refractivity contribution is 5.94. The SMILES string of the molecule is CC(O)CCNC(=O)c1ccc(CN(C)C(=O)C(C)C)cc1. The first-order chi connectivity index (χ1) is 10.3. The lowest BCUT2D eigenvalue weighted by molar-refractivity contribution is -0.133. The van der Waals surface area contributed by atoms with Gasteiger partial charge in [-0.05, 0) is 31.0 Å². The maximum Gasteiger partial charge on any atom is 0.251 e. The molecule has 0 aliphatic heterocycles. The highest BCUT2D eigenvalue weighted by Gasteiger charge is 2.13. The number of aliphatic hydroxyl groups excluding tert-OH is 1. The first-order valence-electron chi connectivity index (χ1n) is 7.61. The van der Waals surface area contributed by atoms with Crippen LogP contribution in [-0.4, -0.2) is 41.5 Å². The minimum absolute atomic E-state index is 0.0241. The van der Waals surface area contributed by atoms with Gasteiger partial charge in [0.25, 0.3) is 5.91 Å². The third-order valence-corrected chi connectivity index (χ3v) is 3.35. The number of carbonyl (C=O) groups excluding carboxylic acids is 2. The van der Waals surface area contributed by atoms with E-state index in [4.69, 9.17) is 5.11 Å². The van der Waals surface area contributed by atoms with E-state index in [-0.39, 0.29) is 17.7 Å². The first kappa shape index (κ1) is 18.2. The van der Waals surface area contributed by atoms with Crippen molar-refractivity contribution in [2.24, 2.45) is 5.92 Å². The molecule has 2 amide bonds. The lowest BCUT2D eigenvalue weighted by Gasteiger charge is -2.19. The number of benzene rings is 1. The summed E-state index contributed by atoms with van der Waals surface area (Å²) in [6.45, 7) is 6.42. The predicted octanol–water partition coefficient (Wildman–Crippen LogP) is 1.80. The summed E-state index contributed by atoms with van der Waals surface area (Å²) in [5, 5.41) is 11.9. The molecule has 0 aliphatic rings. The number of nitrogens with zero attached hydrogens (tertiary/aromatic N) is 1. The number of rotatable bonds is 7. The first-order valence-corrected chi connectivity index (χ1v) is 7.61. The number of hydrogen-bond acceptors (Lipinski definition) is 3. The predicted molar refractivity (Wildman–Crippen MR) is 86.4 cm³/mol. The summed E-state index contributed by atoms with van der Waals surface area (Å²) in [7, 11) is 1.78. The van der Waals surface area contributed by atoms with Crippen molar-refractivity contribution in [3.05, 3.63) is 35.4 Å². The molecule has 2 N–H and O–H groups in total. The molecule has 0 saturated carbocycles. The molecule has 0 spiro atoms. The van der Waals surface area contributed by atoms with Gasteiger partial charge in [-0.3, -0.25) is 9.59 Å². The Kier molecular flexibility index (Phi) is 7.05. The zero-order chi connectivity index (χ0) is 16.7. The Hall–Kier alpha value is -1.88. The summed E-state index contributed by atoms with van der Waals surface area (Å²) in [6.07, 6.45) is 0.114. The van der Waals surface area contributed by atoms with Crippen LogP contribution in [0.5, 0.6) is 0 Å². The zero-order valence-corrected chi connectivity index (χ0v) is 13.8. The minimum Gasteiger partial charge on any atom is -0.393 e. The van der Waals surface area contributed by atoms with Gasteiger partial charge in [-0.15, -0.1) is 0 Å². The van der Waals surface area contributed by atoms with Crippen LogP contribution in [-0.2, 0) is 11.3 Å². The molecular formula is C17H26N2O3. The lowest BCUT2D eigenvalue weighted by atomic mass is 10.1. The highest BCUT2D eigenvalue weighted by Crippen LogP contribution is 2.09. The second kappa shape index (κ2) is 8.54. The molecule has 0 heterocycles. The van der Waals surface area contributed by atoms with Gasteiger partial charge in [0.1, 0.15) is 0 Å². The van der Waals surface area contributed by atoms with Crippen LogP contribution in [0.3, 0.4) is 0 Å². The molecule has 0 aliphatic carbocycles. The van der Waals surface area contributed by atoms with Crippen molar-refractivity contribution < 1.29 is 14.7 Å². The molecule has 0 fully saturated rings. The largest absolute Gasteiger partial charge is 0.393 e. The van der Waals surface area contributed by atoms with Gasteiger partial charge in [-0.1, -0.05) is 26.0 Å². The number of carbonyl (C=O) groups is 2. The molecule has 5 nitrogen and oxygen atoms in total. The van der Waals surface area contributed by atoms with Crippen LogP contribution in [0.2, 0.25) is 0 Å². The molecule has 1 aromatic carbocycles. The van der Waals surface area contributed by atoms with E-state index in [0.29, 0.717) is 25.1 Å². The Labute approximate surface area is 132 Å². The number of nitrogens with one attached hydrogen (secondary N) is 1. The van der Waals surface area contributed by atoms with Crippen LogP contribution in [0.1, 0.15) is 43.1 Å². The second-order valence-corrected chi connectivity index (χ2v) is 5.94. The molecule has 5 heteroatoms. The quantitative estimate of drug-likeness (QED) is 0.807. The fourth-order valence-corrected chi connectivity index (χ4v) is 2.05. The van der Waals surface area contributed by atoms with Gasteiger partial charge in [0.2, 0.25) is 5.91 Å². The van der Waals surface area contributed by atoms with Crippen LogP contribution in [0.15, 0.2) is 24.3 Å². The third-order valence-electron chi connectivity index (χ3n) is 3.35. The molecule has 0 saturated heterocycles. The summed E-state index contributed by atoms with van der Waals surface area (Å²) in [4.78, 5) is 25.4. The Morgan fingerprint density at radius 2 is 1.77 bits per heavy atom. The monoisotopic (exact) mass is 306 g/mol. The molecule has 1 aromatic rings. The molecule has 1 unspecified atom stereocenters. The Morgan fingerprint density at radius 1 is 1.18 bits per heavy atom. The van der Waals surface area contributed by atoms with E-state index in [1.54, 1.807) is 31.0 Å². The highest BCUT2D eigenvalue weighted by atomic mass is 16.3. The summed E-state index contributed by atoms with van der Waals surface area (Å²) in [5.74, 6) is -0.0808. The molecule has 1 atom stereocenters. The van der Waals surface area contributed by atoms with Crippen molar-refractivity contribution in [2.45, 2.75) is 39.8 Å². The van der Waals surface area contributed by atoms with Crippen LogP contribution in [0, 0.1) is 5.92 Å². The van der Waals surface area contributed by atoms with E-state index in [1.807, 2.05) is 26.0 Å². The van der Waals surface area contributed by atoms with E-state index in [0.717, 1.165) is 5.56 Å². The van der Waals surface area contributed by atoms with Gasteiger partial charge >= 0.3 is 0 Å². The topological polar surface area (TPSA) is 69.6 Å². The maximum absolute atomic E-state index is 11.9. The van der Waals surface area contributed by atoms with Gasteiger partial charge < -0.3 is 15.3 Å². The van der Waals surface area contributed by atoms with Crippen molar-refractivity contribution in [3.8, 4) is 0 Å². The fraction of sp³-hybridized carbons (Fsp3) is 0.529. The average molecular weight is 306 g/mol. The van der Waals surface area contributed by atoms with Crippen LogP contribution >= 0.6 is 0 Å². The summed E-state index contributed by atoms with van der Waals surface area (Å²) in [5.41, 5.74) is 1.56. The van der Waals surface area contributed by atoms with E-state index in [1.165, 1.54) is 0 Å². The van der Waals surface area contributed by atoms with Crippen LogP contribution in [0.4, 0.5) is 0 Å². The van der Waals surface area contributed by atoms with Crippen molar-refractivity contribution in [1.29, 1.82) is 0 Å². The van der Waals surface area contributed by atoms with E-state index in [9.17, 15) is 9.59 Å². The normalized spacial score (nSPS) is 12.1. The van der Waals surface area contributed by atoms with Gasteiger partial charge in [0.15, 0.2) is 0 Å². The van der Waals surface area contributed by atoms with Crippen molar-refractivity contribution >= 4 is 11.8 Å². The average Bonchev–Trinajstić information content (AvgIpc) is 2.46. The minimum atomic E-state index is -0.420. The second-order valence-electron chi connectivity index (χ2n) is 5.94. The molecule has 0 bridgehead atoms. The van der Waals surface area contributed by atoms with Gasteiger partial charge in [0.05, 0.1) is 6.10 Å². The number of aliphatic hydroxyl groups is 1. The van der Waals surface area contributed by atoms with Crippen molar-refractivity contribution in [3.63, 3.8) is 0 Å². The third kappa shape index (κ3) is 5.85. The van der Waals surface area contributed by atoms with Crippen LogP contribution in [0.25, 0.3) is 0 Å². The smallest absolute Gasteiger partial charge is 0.251 e. The summed E-state index contributed by atoms with van der Waals surface area (Å²) < 4.78 is 0. The molecular weight excluding hydrogens is 280 g/mol. The Morgan fingerprint density at radius 3 is 2.27 bits per heavy atom. The Bertz CT molecular complexity index is 495. The zero-order valence-electron chi connectivity index (χ0n) is 13.8. The molecule has 0 aromatic heterocycles. The van der Waals surface area contributed by atoms with E-state index < -0.39 is 6.10 Å². The van der Waals surface area contributed by atoms with Gasteiger partial charge in [-0.25, -0.2) is 0 Å². The molecule has 1 rings (SSSR count).